The van der Waals surface area contributed by atoms with E-state index in [-0.39, 0.29) is 0 Å². The zero-order valence-corrected chi connectivity index (χ0v) is 10.9. The van der Waals surface area contributed by atoms with E-state index < -0.39 is 0 Å². The van der Waals surface area contributed by atoms with Gasteiger partial charge in [-0.1, -0.05) is 18.2 Å². The molecule has 0 amide bonds. The van der Waals surface area contributed by atoms with Crippen molar-refractivity contribution < 1.29 is 0 Å². The third-order valence-corrected chi connectivity index (χ3v) is 4.45. The van der Waals surface area contributed by atoms with Gasteiger partial charge >= 0.3 is 0 Å². The molecular weight excluding hydrogens is 262 g/mol. The van der Waals surface area contributed by atoms with Gasteiger partial charge in [0.1, 0.15) is 6.07 Å². The van der Waals surface area contributed by atoms with Crippen molar-refractivity contribution in [2.75, 3.05) is 4.72 Å². The summed E-state index contributed by atoms with van der Waals surface area (Å²) in [7, 11) is 0. The summed E-state index contributed by atoms with van der Waals surface area (Å²) in [6.07, 6.45) is 1.74. The number of para-hydroxylation sites is 1. The number of nitriles is 1. The second kappa shape index (κ2) is 4.77. The van der Waals surface area contributed by atoms with E-state index in [2.05, 4.69) is 21.8 Å². The summed E-state index contributed by atoms with van der Waals surface area (Å²) in [5.41, 5.74) is 2.64. The van der Waals surface area contributed by atoms with Crippen LogP contribution in [0, 0.1) is 11.3 Å². The Hall–Kier alpha value is -1.90. The Labute approximate surface area is 113 Å². The number of benzene rings is 1. The number of hydrogen-bond donors (Lipinski definition) is 2. The molecule has 0 radical (unpaired) electrons. The maximum absolute atomic E-state index is 9.00. The van der Waals surface area contributed by atoms with Crippen LogP contribution in [0.2, 0.25) is 0 Å². The minimum Gasteiger partial charge on any atom is -0.358 e. The number of aromatic amines is 1. The highest BCUT2D eigenvalue weighted by atomic mass is 32.2. The molecule has 2 heterocycles. The summed E-state index contributed by atoms with van der Waals surface area (Å²) in [4.78, 5) is 3.14. The minimum absolute atomic E-state index is 0.676. The number of thiophene rings is 1. The molecule has 5 heteroatoms. The topological polar surface area (TPSA) is 51.6 Å². The molecule has 0 aliphatic rings. The number of aromatic nitrogens is 1. The maximum atomic E-state index is 9.00. The van der Waals surface area contributed by atoms with Gasteiger partial charge in [0.25, 0.3) is 0 Å². The predicted octanol–water partition coefficient (Wildman–Crippen LogP) is 4.22. The number of fused-ring (bicyclic) bond motifs is 1. The second-order valence-corrected chi connectivity index (χ2v) is 5.73. The lowest BCUT2D eigenvalue weighted by Crippen LogP contribution is -1.86. The van der Waals surface area contributed by atoms with Gasteiger partial charge in [0, 0.05) is 11.6 Å². The van der Waals surface area contributed by atoms with Crippen molar-refractivity contribution in [3.63, 3.8) is 0 Å². The Kier molecular flexibility index (Phi) is 2.97. The Balaban J connectivity index is 1.93. The second-order valence-electron chi connectivity index (χ2n) is 3.68. The van der Waals surface area contributed by atoms with Crippen molar-refractivity contribution >= 4 is 39.9 Å². The molecule has 0 saturated carbocycles. The summed E-state index contributed by atoms with van der Waals surface area (Å²) in [6.45, 7) is 0. The average Bonchev–Trinajstić information content (AvgIpc) is 3.05. The summed E-state index contributed by atoms with van der Waals surface area (Å²) < 4.78 is 4.52. The van der Waals surface area contributed by atoms with Crippen molar-refractivity contribution in [2.45, 2.75) is 4.21 Å². The van der Waals surface area contributed by atoms with Crippen molar-refractivity contribution in [3.05, 3.63) is 47.5 Å². The van der Waals surface area contributed by atoms with Crippen LogP contribution in [-0.4, -0.2) is 4.98 Å². The number of rotatable bonds is 3. The first kappa shape index (κ1) is 11.2. The highest BCUT2D eigenvalue weighted by molar-refractivity contribution is 8.02. The van der Waals surface area contributed by atoms with E-state index in [1.807, 2.05) is 29.6 Å². The van der Waals surface area contributed by atoms with Crippen LogP contribution in [-0.2, 0) is 0 Å². The molecule has 0 bridgehead atoms. The van der Waals surface area contributed by atoms with Crippen LogP contribution < -0.4 is 4.72 Å². The van der Waals surface area contributed by atoms with E-state index in [9.17, 15) is 0 Å². The lowest BCUT2D eigenvalue weighted by Gasteiger charge is -2.04. The molecule has 0 aliphatic heterocycles. The van der Waals surface area contributed by atoms with Gasteiger partial charge in [0.05, 0.1) is 21.0 Å². The lowest BCUT2D eigenvalue weighted by molar-refractivity contribution is 1.45. The van der Waals surface area contributed by atoms with E-state index in [4.69, 9.17) is 5.26 Å². The molecule has 3 aromatic rings. The predicted molar refractivity (Wildman–Crippen MR) is 76.8 cm³/mol. The van der Waals surface area contributed by atoms with Crippen molar-refractivity contribution in [3.8, 4) is 6.07 Å². The minimum atomic E-state index is 0.676. The average molecular weight is 271 g/mol. The van der Waals surface area contributed by atoms with Gasteiger partial charge in [-0.15, -0.1) is 11.3 Å². The molecule has 0 aliphatic carbocycles. The van der Waals surface area contributed by atoms with E-state index >= 15 is 0 Å². The van der Waals surface area contributed by atoms with Crippen LogP contribution in [0.3, 0.4) is 0 Å². The number of anilines is 1. The van der Waals surface area contributed by atoms with Gasteiger partial charge in [0.15, 0.2) is 0 Å². The fourth-order valence-corrected chi connectivity index (χ4v) is 3.22. The van der Waals surface area contributed by atoms with E-state index in [1.54, 1.807) is 29.5 Å². The van der Waals surface area contributed by atoms with Crippen LogP contribution in [0.15, 0.2) is 46.1 Å². The SMILES string of the molecule is N#Cc1c[nH]c2c(NSc3cccs3)cccc12. The van der Waals surface area contributed by atoms with Gasteiger partial charge in [-0.05, 0) is 29.5 Å². The number of nitrogens with zero attached hydrogens (tertiary/aromatic N) is 1. The Morgan fingerprint density at radius 1 is 1.28 bits per heavy atom. The van der Waals surface area contributed by atoms with Gasteiger partial charge in [-0.25, -0.2) is 0 Å². The van der Waals surface area contributed by atoms with E-state index in [0.717, 1.165) is 16.6 Å². The molecule has 1 aromatic carbocycles. The van der Waals surface area contributed by atoms with Crippen LogP contribution >= 0.6 is 23.3 Å². The van der Waals surface area contributed by atoms with Gasteiger partial charge < -0.3 is 9.71 Å². The van der Waals surface area contributed by atoms with Crippen molar-refractivity contribution in [2.24, 2.45) is 0 Å². The van der Waals surface area contributed by atoms with E-state index in [1.165, 1.54) is 4.21 Å². The standard InChI is InChI=1S/C13H9N3S2/c14-7-9-8-15-13-10(9)3-1-4-11(13)16-18-12-5-2-6-17-12/h1-6,8,15-16H. The number of nitrogens with one attached hydrogen (secondary N) is 2. The molecule has 2 N–H and O–H groups in total. The number of H-pyrrole nitrogens is 1. The molecular formula is C13H9N3S2. The monoisotopic (exact) mass is 271 g/mol. The zero-order chi connectivity index (χ0) is 12.4. The van der Waals surface area contributed by atoms with Crippen LogP contribution in [0.4, 0.5) is 5.69 Å². The zero-order valence-electron chi connectivity index (χ0n) is 9.31. The van der Waals surface area contributed by atoms with Gasteiger partial charge in [-0.3, -0.25) is 0 Å². The first-order chi connectivity index (χ1) is 8.88. The highest BCUT2D eigenvalue weighted by Crippen LogP contribution is 2.30. The maximum Gasteiger partial charge on any atom is 0.101 e. The molecule has 0 saturated heterocycles. The third kappa shape index (κ3) is 1.96. The quantitative estimate of drug-likeness (QED) is 0.701. The summed E-state index contributed by atoms with van der Waals surface area (Å²) in [5, 5.41) is 12.0. The third-order valence-electron chi connectivity index (χ3n) is 2.59. The normalized spacial score (nSPS) is 10.4. The summed E-state index contributed by atoms with van der Waals surface area (Å²) in [5.74, 6) is 0. The first-order valence-electron chi connectivity index (χ1n) is 5.35. The largest absolute Gasteiger partial charge is 0.358 e. The molecule has 88 valence electrons. The first-order valence-corrected chi connectivity index (χ1v) is 7.04. The summed E-state index contributed by atoms with van der Waals surface area (Å²) >= 11 is 3.27. The van der Waals surface area contributed by atoms with E-state index in [0.29, 0.717) is 5.56 Å². The molecule has 0 atom stereocenters. The smallest absolute Gasteiger partial charge is 0.101 e. The van der Waals surface area contributed by atoms with Crippen molar-refractivity contribution in [1.82, 2.24) is 4.98 Å². The van der Waals surface area contributed by atoms with Gasteiger partial charge in [-0.2, -0.15) is 5.26 Å². The Morgan fingerprint density at radius 2 is 2.22 bits per heavy atom. The molecule has 3 rings (SSSR count). The highest BCUT2D eigenvalue weighted by Gasteiger charge is 2.07. The van der Waals surface area contributed by atoms with Crippen LogP contribution in [0.25, 0.3) is 10.9 Å². The molecule has 0 spiro atoms. The molecule has 2 aromatic heterocycles. The lowest BCUT2D eigenvalue weighted by atomic mass is 10.2. The number of hydrogen-bond acceptors (Lipinski definition) is 4. The fraction of sp³-hybridized carbons (Fsp3) is 0. The molecule has 0 fully saturated rings. The van der Waals surface area contributed by atoms with Crippen LogP contribution in [0.1, 0.15) is 5.56 Å². The molecule has 18 heavy (non-hydrogen) atoms. The molecule has 3 nitrogen and oxygen atoms in total. The van der Waals surface area contributed by atoms with Crippen LogP contribution in [0.5, 0.6) is 0 Å². The van der Waals surface area contributed by atoms with Crippen molar-refractivity contribution in [1.29, 1.82) is 5.26 Å². The Bertz CT molecular complexity index is 707. The fourth-order valence-electron chi connectivity index (χ4n) is 1.76. The van der Waals surface area contributed by atoms with Gasteiger partial charge in [0.2, 0.25) is 0 Å². The summed E-state index contributed by atoms with van der Waals surface area (Å²) in [6, 6.07) is 12.2. The molecule has 0 unspecified atom stereocenters. The Morgan fingerprint density at radius 3 is 3.00 bits per heavy atom.